The van der Waals surface area contributed by atoms with Crippen molar-refractivity contribution in [1.29, 1.82) is 0 Å². The first kappa shape index (κ1) is 29.4. The Balaban J connectivity index is 0.00000380. The van der Waals surface area contributed by atoms with Gasteiger partial charge >= 0.3 is 6.18 Å². The summed E-state index contributed by atoms with van der Waals surface area (Å²) in [5.41, 5.74) is -1.46. The van der Waals surface area contributed by atoms with Gasteiger partial charge in [-0.25, -0.2) is 21.6 Å². The fourth-order valence-corrected chi connectivity index (χ4v) is 7.42. The van der Waals surface area contributed by atoms with Crippen molar-refractivity contribution in [3.8, 4) is 0 Å². The van der Waals surface area contributed by atoms with Crippen LogP contribution in [0.2, 0.25) is 0 Å². The van der Waals surface area contributed by atoms with Crippen LogP contribution in [-0.2, 0) is 30.8 Å². The molecule has 2 aliphatic rings. The van der Waals surface area contributed by atoms with E-state index >= 15 is 0 Å². The predicted octanol–water partition coefficient (Wildman–Crippen LogP) is 2.98. The van der Waals surface area contributed by atoms with E-state index in [1.54, 1.807) is 11.0 Å². The SMILES string of the molecule is Cl.O=C([C@@H]1CCCN1)N1CCC(NS(=O)(=O)c2cc(S(=O)(=O)c3ccccc3)ccc2C(F)(F)F)CC1. The van der Waals surface area contributed by atoms with E-state index < -0.39 is 47.4 Å². The Bertz CT molecular complexity index is 1330. The summed E-state index contributed by atoms with van der Waals surface area (Å²) in [7, 11) is -8.99. The van der Waals surface area contributed by atoms with E-state index in [-0.39, 0.29) is 55.2 Å². The van der Waals surface area contributed by atoms with E-state index in [4.69, 9.17) is 0 Å². The molecule has 0 saturated carbocycles. The largest absolute Gasteiger partial charge is 0.417 e. The molecular formula is C23H27ClF3N3O5S2. The summed E-state index contributed by atoms with van der Waals surface area (Å²) in [6, 6.07) is 7.85. The normalized spacial score (nSPS) is 19.4. The lowest BCUT2D eigenvalue weighted by atomic mass is 10.0. The van der Waals surface area contributed by atoms with E-state index in [2.05, 4.69) is 10.0 Å². The first-order valence-corrected chi connectivity index (χ1v) is 14.4. The highest BCUT2D eigenvalue weighted by Gasteiger charge is 2.39. The van der Waals surface area contributed by atoms with Crippen molar-refractivity contribution in [3.63, 3.8) is 0 Å². The van der Waals surface area contributed by atoms with E-state index in [1.807, 2.05) is 0 Å². The monoisotopic (exact) mass is 581 g/mol. The second-order valence-corrected chi connectivity index (χ2v) is 12.5. The van der Waals surface area contributed by atoms with Gasteiger partial charge in [-0.3, -0.25) is 4.79 Å². The molecular weight excluding hydrogens is 555 g/mol. The number of amides is 1. The molecule has 0 spiro atoms. The molecule has 2 aromatic rings. The van der Waals surface area contributed by atoms with Gasteiger partial charge in [-0.05, 0) is 62.6 Å². The standard InChI is InChI=1S/C23H26F3N3O5S2.ClH/c24-23(25,26)19-9-8-18(35(31,32)17-5-2-1-3-6-17)15-21(19)36(33,34)28-16-10-13-29(14-11-16)22(30)20-7-4-12-27-20;/h1-3,5-6,8-9,15-16,20,27-28H,4,7,10-14H2;1H/t20-;/m0./s1. The van der Waals surface area contributed by atoms with E-state index in [0.717, 1.165) is 25.5 Å². The van der Waals surface area contributed by atoms with Gasteiger partial charge < -0.3 is 10.2 Å². The van der Waals surface area contributed by atoms with Crippen LogP contribution in [0.1, 0.15) is 31.2 Å². The second kappa shape index (κ2) is 11.3. The van der Waals surface area contributed by atoms with Crippen molar-refractivity contribution in [2.75, 3.05) is 19.6 Å². The second-order valence-electron chi connectivity index (χ2n) is 8.84. The molecule has 2 aliphatic heterocycles. The summed E-state index contributed by atoms with van der Waals surface area (Å²) in [6.07, 6.45) is -2.95. The van der Waals surface area contributed by atoms with Crippen LogP contribution in [0.25, 0.3) is 0 Å². The average Bonchev–Trinajstić information content (AvgIpc) is 3.38. The van der Waals surface area contributed by atoms with Gasteiger partial charge in [0.05, 0.1) is 26.3 Å². The van der Waals surface area contributed by atoms with Crippen LogP contribution >= 0.6 is 12.4 Å². The number of nitrogens with one attached hydrogen (secondary N) is 2. The van der Waals surface area contributed by atoms with Gasteiger partial charge in [0.15, 0.2) is 0 Å². The number of nitrogens with zero attached hydrogens (tertiary/aromatic N) is 1. The molecule has 37 heavy (non-hydrogen) atoms. The summed E-state index contributed by atoms with van der Waals surface area (Å²) in [5.74, 6) is -0.0630. The maximum atomic E-state index is 13.7. The Kier molecular flexibility index (Phi) is 8.95. The van der Waals surface area contributed by atoms with Gasteiger partial charge in [-0.1, -0.05) is 18.2 Å². The van der Waals surface area contributed by atoms with Crippen LogP contribution < -0.4 is 10.0 Å². The minimum Gasteiger partial charge on any atom is -0.341 e. The number of hydrogen-bond acceptors (Lipinski definition) is 6. The number of carbonyl (C=O) groups is 1. The molecule has 204 valence electrons. The Hall–Kier alpha value is -2.19. The zero-order chi connectivity index (χ0) is 26.1. The molecule has 8 nitrogen and oxygen atoms in total. The molecule has 0 unspecified atom stereocenters. The Morgan fingerprint density at radius 1 is 0.946 bits per heavy atom. The van der Waals surface area contributed by atoms with Crippen LogP contribution in [0, 0.1) is 0 Å². The lowest BCUT2D eigenvalue weighted by Crippen LogP contribution is -2.50. The highest BCUT2D eigenvalue weighted by molar-refractivity contribution is 7.91. The molecule has 0 radical (unpaired) electrons. The topological polar surface area (TPSA) is 113 Å². The minimum atomic E-state index is -5.02. The summed E-state index contributed by atoms with van der Waals surface area (Å²) in [5, 5.41) is 3.12. The molecule has 2 saturated heterocycles. The number of sulfonamides is 1. The third-order valence-corrected chi connectivity index (χ3v) is 9.73. The van der Waals surface area contributed by atoms with Crippen LogP contribution in [0.4, 0.5) is 13.2 Å². The first-order valence-electron chi connectivity index (χ1n) is 11.5. The zero-order valence-electron chi connectivity index (χ0n) is 19.6. The maximum absolute atomic E-state index is 13.7. The van der Waals surface area contributed by atoms with E-state index in [9.17, 15) is 34.8 Å². The molecule has 4 rings (SSSR count). The van der Waals surface area contributed by atoms with Crippen LogP contribution in [-0.4, -0.2) is 59.4 Å². The van der Waals surface area contributed by atoms with E-state index in [1.165, 1.54) is 24.3 Å². The number of benzene rings is 2. The molecule has 14 heteroatoms. The molecule has 2 fully saturated rings. The van der Waals surface area contributed by atoms with Crippen molar-refractivity contribution >= 4 is 38.2 Å². The van der Waals surface area contributed by atoms with Crippen molar-refractivity contribution in [3.05, 3.63) is 54.1 Å². The van der Waals surface area contributed by atoms with Gasteiger partial charge in [-0.15, -0.1) is 12.4 Å². The first-order chi connectivity index (χ1) is 16.9. The smallest absolute Gasteiger partial charge is 0.341 e. The van der Waals surface area contributed by atoms with Crippen molar-refractivity contribution < 1.29 is 34.8 Å². The number of piperidine rings is 1. The predicted molar refractivity (Wildman–Crippen MR) is 132 cm³/mol. The molecule has 1 atom stereocenters. The molecule has 0 aliphatic carbocycles. The number of likely N-dealkylation sites (tertiary alicyclic amines) is 1. The number of halogens is 4. The Morgan fingerprint density at radius 2 is 1.59 bits per heavy atom. The third-order valence-electron chi connectivity index (χ3n) is 6.40. The van der Waals surface area contributed by atoms with Gasteiger partial charge in [0.25, 0.3) is 0 Å². The lowest BCUT2D eigenvalue weighted by molar-refractivity contribution is -0.140. The summed E-state index contributed by atoms with van der Waals surface area (Å²) in [6.45, 7) is 1.28. The molecule has 2 N–H and O–H groups in total. The third kappa shape index (κ3) is 6.45. The number of hydrogen-bond donors (Lipinski definition) is 2. The number of carbonyl (C=O) groups excluding carboxylic acids is 1. The van der Waals surface area contributed by atoms with Crippen molar-refractivity contribution in [2.45, 2.75) is 58.6 Å². The molecule has 1 amide bonds. The molecule has 0 bridgehead atoms. The molecule has 2 heterocycles. The zero-order valence-corrected chi connectivity index (χ0v) is 22.0. The van der Waals surface area contributed by atoms with Gasteiger partial charge in [0.1, 0.15) is 0 Å². The van der Waals surface area contributed by atoms with Crippen molar-refractivity contribution in [1.82, 2.24) is 14.9 Å². The van der Waals surface area contributed by atoms with Crippen LogP contribution in [0.5, 0.6) is 0 Å². The van der Waals surface area contributed by atoms with Crippen LogP contribution in [0.15, 0.2) is 63.2 Å². The summed E-state index contributed by atoms with van der Waals surface area (Å²) < 4.78 is 95.5. The lowest BCUT2D eigenvalue weighted by Gasteiger charge is -2.33. The van der Waals surface area contributed by atoms with E-state index in [0.29, 0.717) is 12.1 Å². The molecule has 0 aromatic heterocycles. The van der Waals surface area contributed by atoms with Gasteiger partial charge in [0, 0.05) is 19.1 Å². The fourth-order valence-electron chi connectivity index (χ4n) is 4.48. The summed E-state index contributed by atoms with van der Waals surface area (Å²) in [4.78, 5) is 12.3. The highest BCUT2D eigenvalue weighted by Crippen LogP contribution is 2.36. The Labute approximate surface area is 220 Å². The quantitative estimate of drug-likeness (QED) is 0.542. The minimum absolute atomic E-state index is 0. The number of alkyl halides is 3. The Morgan fingerprint density at radius 3 is 2.16 bits per heavy atom. The van der Waals surface area contributed by atoms with Crippen LogP contribution in [0.3, 0.4) is 0 Å². The van der Waals surface area contributed by atoms with Gasteiger partial charge in [-0.2, -0.15) is 13.2 Å². The fraction of sp³-hybridized carbons (Fsp3) is 0.435. The van der Waals surface area contributed by atoms with Gasteiger partial charge in [0.2, 0.25) is 25.8 Å². The summed E-state index contributed by atoms with van der Waals surface area (Å²) >= 11 is 0. The number of rotatable bonds is 6. The number of sulfone groups is 1. The average molecular weight is 582 g/mol. The van der Waals surface area contributed by atoms with Crippen molar-refractivity contribution in [2.24, 2.45) is 0 Å². The maximum Gasteiger partial charge on any atom is 0.417 e. The highest BCUT2D eigenvalue weighted by atomic mass is 35.5. The molecule has 2 aromatic carbocycles.